The largest absolute Gasteiger partial charge is 0.495 e. The van der Waals surface area contributed by atoms with Crippen LogP contribution in [0.25, 0.3) is 0 Å². The maximum absolute atomic E-state index is 11.7. The van der Waals surface area contributed by atoms with Gasteiger partial charge in [0, 0.05) is 6.61 Å². The predicted octanol–water partition coefficient (Wildman–Crippen LogP) is 1.13. The van der Waals surface area contributed by atoms with Crippen LogP contribution < -0.4 is 9.46 Å². The van der Waals surface area contributed by atoms with Gasteiger partial charge in [0.15, 0.2) is 0 Å². The molecule has 2 N–H and O–H groups in total. The summed E-state index contributed by atoms with van der Waals surface area (Å²) in [6, 6.07) is 5.25. The zero-order valence-electron chi connectivity index (χ0n) is 9.93. The van der Waals surface area contributed by atoms with Crippen LogP contribution in [0, 0.1) is 6.92 Å². The summed E-state index contributed by atoms with van der Waals surface area (Å²) in [4.78, 5) is 0. The molecule has 0 aliphatic rings. The second-order valence-electron chi connectivity index (χ2n) is 3.70. The minimum absolute atomic E-state index is 0.111. The molecule has 0 fully saturated rings. The summed E-state index contributed by atoms with van der Waals surface area (Å²) < 4.78 is 30.8. The summed E-state index contributed by atoms with van der Waals surface area (Å²) >= 11 is 0. The van der Waals surface area contributed by atoms with Gasteiger partial charge in [-0.25, -0.2) is 8.42 Å². The number of nitrogens with one attached hydrogen (secondary N) is 1. The van der Waals surface area contributed by atoms with Gasteiger partial charge < -0.3 is 9.84 Å². The van der Waals surface area contributed by atoms with Crippen molar-refractivity contribution < 1.29 is 18.3 Å². The van der Waals surface area contributed by atoms with E-state index in [1.807, 2.05) is 13.0 Å². The number of ether oxygens (including phenoxy) is 1. The van der Waals surface area contributed by atoms with Crippen LogP contribution in [-0.4, -0.2) is 33.0 Å². The first-order chi connectivity index (χ1) is 7.98. The Kier molecular flexibility index (Phi) is 4.77. The van der Waals surface area contributed by atoms with E-state index in [1.54, 1.807) is 12.1 Å². The third kappa shape index (κ3) is 4.24. The van der Waals surface area contributed by atoms with Crippen molar-refractivity contribution in [1.82, 2.24) is 0 Å². The standard InChI is InChI=1S/C11H17NO4S/c1-9-4-5-11(16-2)10(8-9)12-17(14,15)7-3-6-13/h4-5,8,12-13H,3,6-7H2,1-2H3. The number of aryl methyl sites for hydroxylation is 1. The van der Waals surface area contributed by atoms with Gasteiger partial charge in [-0.1, -0.05) is 6.07 Å². The molecule has 0 spiro atoms. The van der Waals surface area contributed by atoms with Gasteiger partial charge in [0.05, 0.1) is 18.6 Å². The molecule has 0 aromatic heterocycles. The fourth-order valence-corrected chi connectivity index (χ4v) is 2.48. The van der Waals surface area contributed by atoms with Crippen molar-refractivity contribution >= 4 is 15.7 Å². The fraction of sp³-hybridized carbons (Fsp3) is 0.455. The van der Waals surface area contributed by atoms with Crippen molar-refractivity contribution in [3.05, 3.63) is 23.8 Å². The molecule has 6 heteroatoms. The predicted molar refractivity (Wildman–Crippen MR) is 66.8 cm³/mol. The molecule has 0 aliphatic heterocycles. The molecular weight excluding hydrogens is 242 g/mol. The van der Waals surface area contributed by atoms with Crippen LogP contribution in [0.1, 0.15) is 12.0 Å². The Bertz CT molecular complexity index is 470. The molecule has 5 nitrogen and oxygen atoms in total. The first kappa shape index (κ1) is 13.8. The number of rotatable bonds is 6. The second kappa shape index (κ2) is 5.88. The molecule has 0 bridgehead atoms. The highest BCUT2D eigenvalue weighted by atomic mass is 32.2. The van der Waals surface area contributed by atoms with Crippen molar-refractivity contribution in [1.29, 1.82) is 0 Å². The summed E-state index contributed by atoms with van der Waals surface area (Å²) in [6.45, 7) is 1.72. The van der Waals surface area contributed by atoms with Crippen LogP contribution in [0.3, 0.4) is 0 Å². The van der Waals surface area contributed by atoms with Crippen molar-refractivity contribution in [3.63, 3.8) is 0 Å². The number of methoxy groups -OCH3 is 1. The van der Waals surface area contributed by atoms with E-state index in [2.05, 4.69) is 4.72 Å². The van der Waals surface area contributed by atoms with E-state index in [1.165, 1.54) is 7.11 Å². The molecule has 1 aromatic rings. The van der Waals surface area contributed by atoms with E-state index in [4.69, 9.17) is 9.84 Å². The number of anilines is 1. The lowest BCUT2D eigenvalue weighted by Crippen LogP contribution is -2.18. The molecule has 1 aromatic carbocycles. The third-order valence-corrected chi connectivity index (χ3v) is 3.55. The highest BCUT2D eigenvalue weighted by molar-refractivity contribution is 7.92. The SMILES string of the molecule is COc1ccc(C)cc1NS(=O)(=O)CCCO. The summed E-state index contributed by atoms with van der Waals surface area (Å²) in [5, 5.41) is 8.62. The number of sulfonamides is 1. The lowest BCUT2D eigenvalue weighted by Gasteiger charge is -2.12. The Balaban J connectivity index is 2.90. The second-order valence-corrected chi connectivity index (χ2v) is 5.54. The zero-order valence-corrected chi connectivity index (χ0v) is 10.8. The lowest BCUT2D eigenvalue weighted by atomic mass is 10.2. The molecule has 0 heterocycles. The molecule has 0 atom stereocenters. The van der Waals surface area contributed by atoms with Crippen molar-refractivity contribution in [3.8, 4) is 5.75 Å². The molecule has 0 radical (unpaired) electrons. The van der Waals surface area contributed by atoms with Crippen LogP contribution in [0.4, 0.5) is 5.69 Å². The number of hydrogen-bond acceptors (Lipinski definition) is 4. The van der Waals surface area contributed by atoms with E-state index in [0.29, 0.717) is 11.4 Å². The summed E-state index contributed by atoms with van der Waals surface area (Å²) in [5.74, 6) is 0.365. The zero-order chi connectivity index (χ0) is 12.9. The van der Waals surface area contributed by atoms with E-state index in [9.17, 15) is 8.42 Å². The monoisotopic (exact) mass is 259 g/mol. The van der Waals surface area contributed by atoms with Crippen molar-refractivity contribution in [2.24, 2.45) is 0 Å². The van der Waals surface area contributed by atoms with E-state index >= 15 is 0 Å². The van der Waals surface area contributed by atoms with E-state index in [0.717, 1.165) is 5.56 Å². The molecule has 0 amide bonds. The number of aliphatic hydroxyl groups is 1. The van der Waals surface area contributed by atoms with Gasteiger partial charge >= 0.3 is 0 Å². The molecular formula is C11H17NO4S. The maximum Gasteiger partial charge on any atom is 0.232 e. The third-order valence-electron chi connectivity index (χ3n) is 2.19. The average Bonchev–Trinajstić information content (AvgIpc) is 2.26. The Hall–Kier alpha value is -1.27. The molecule has 0 aliphatic carbocycles. The summed E-state index contributed by atoms with van der Waals surface area (Å²) in [6.07, 6.45) is 0.212. The van der Waals surface area contributed by atoms with E-state index < -0.39 is 10.0 Å². The van der Waals surface area contributed by atoms with Gasteiger partial charge in [-0.15, -0.1) is 0 Å². The highest BCUT2D eigenvalue weighted by Gasteiger charge is 2.13. The Labute approximate surface area is 101 Å². The fourth-order valence-electron chi connectivity index (χ4n) is 1.37. The summed E-state index contributed by atoms with van der Waals surface area (Å²) in [5.41, 5.74) is 1.36. The van der Waals surface area contributed by atoms with Gasteiger partial charge in [0.2, 0.25) is 10.0 Å². The maximum atomic E-state index is 11.7. The van der Waals surface area contributed by atoms with Gasteiger partial charge in [-0.05, 0) is 31.0 Å². The van der Waals surface area contributed by atoms with Crippen LogP contribution in [-0.2, 0) is 10.0 Å². The summed E-state index contributed by atoms with van der Waals surface area (Å²) in [7, 11) is -1.95. The number of hydrogen-bond donors (Lipinski definition) is 2. The van der Waals surface area contributed by atoms with Gasteiger partial charge in [-0.3, -0.25) is 4.72 Å². The average molecular weight is 259 g/mol. The lowest BCUT2D eigenvalue weighted by molar-refractivity contribution is 0.295. The Morgan fingerprint density at radius 2 is 2.12 bits per heavy atom. The normalized spacial score (nSPS) is 11.2. The number of aliphatic hydroxyl groups excluding tert-OH is 1. The molecule has 17 heavy (non-hydrogen) atoms. The molecule has 0 saturated carbocycles. The van der Waals surface area contributed by atoms with Gasteiger partial charge in [0.1, 0.15) is 5.75 Å². The topological polar surface area (TPSA) is 75.6 Å². The minimum Gasteiger partial charge on any atom is -0.495 e. The van der Waals surface area contributed by atoms with Crippen LogP contribution in [0.15, 0.2) is 18.2 Å². The highest BCUT2D eigenvalue weighted by Crippen LogP contribution is 2.26. The van der Waals surface area contributed by atoms with Crippen molar-refractivity contribution in [2.75, 3.05) is 24.2 Å². The Morgan fingerprint density at radius 1 is 1.41 bits per heavy atom. The van der Waals surface area contributed by atoms with Crippen LogP contribution in [0.5, 0.6) is 5.75 Å². The van der Waals surface area contributed by atoms with E-state index in [-0.39, 0.29) is 18.8 Å². The first-order valence-corrected chi connectivity index (χ1v) is 6.90. The number of benzene rings is 1. The van der Waals surface area contributed by atoms with Gasteiger partial charge in [0.25, 0.3) is 0 Å². The molecule has 1 rings (SSSR count). The minimum atomic E-state index is -3.44. The van der Waals surface area contributed by atoms with Crippen molar-refractivity contribution in [2.45, 2.75) is 13.3 Å². The van der Waals surface area contributed by atoms with Crippen LogP contribution in [0.2, 0.25) is 0 Å². The smallest absolute Gasteiger partial charge is 0.232 e. The first-order valence-electron chi connectivity index (χ1n) is 5.24. The Morgan fingerprint density at radius 3 is 2.71 bits per heavy atom. The molecule has 96 valence electrons. The molecule has 0 unspecified atom stereocenters. The van der Waals surface area contributed by atoms with Crippen LogP contribution >= 0.6 is 0 Å². The molecule has 0 saturated heterocycles. The van der Waals surface area contributed by atoms with Gasteiger partial charge in [-0.2, -0.15) is 0 Å². The quantitative estimate of drug-likeness (QED) is 0.803.